The number of aliphatic hydroxyl groups is 1. The average Bonchev–Trinajstić information content (AvgIpc) is 2.39. The van der Waals surface area contributed by atoms with E-state index in [0.29, 0.717) is 11.4 Å². The standard InChI is InChI=1S/C14H13ClFNO/c15-14-8-17-6-5-11(14)7-12(9-18)10-1-3-13(16)4-2-10/h1-6,8,12,18H,7,9H2. The molecule has 0 bridgehead atoms. The van der Waals surface area contributed by atoms with E-state index >= 15 is 0 Å². The highest BCUT2D eigenvalue weighted by molar-refractivity contribution is 6.31. The molecule has 1 heterocycles. The molecule has 18 heavy (non-hydrogen) atoms. The lowest BCUT2D eigenvalue weighted by Gasteiger charge is -2.15. The zero-order chi connectivity index (χ0) is 13.0. The molecular formula is C14H13ClFNO. The zero-order valence-electron chi connectivity index (χ0n) is 9.68. The molecule has 2 rings (SSSR count). The summed E-state index contributed by atoms with van der Waals surface area (Å²) in [4.78, 5) is 3.92. The Bertz CT molecular complexity index is 515. The van der Waals surface area contributed by atoms with Crippen molar-refractivity contribution in [3.63, 3.8) is 0 Å². The molecule has 0 fully saturated rings. The van der Waals surface area contributed by atoms with Crippen LogP contribution in [0.15, 0.2) is 42.7 Å². The van der Waals surface area contributed by atoms with Crippen LogP contribution in [0.3, 0.4) is 0 Å². The molecule has 94 valence electrons. The van der Waals surface area contributed by atoms with Gasteiger partial charge in [0.2, 0.25) is 0 Å². The highest BCUT2D eigenvalue weighted by Gasteiger charge is 2.13. The first-order chi connectivity index (χ1) is 8.70. The summed E-state index contributed by atoms with van der Waals surface area (Å²) in [6.45, 7) is -0.00964. The van der Waals surface area contributed by atoms with Gasteiger partial charge in [-0.2, -0.15) is 0 Å². The molecule has 4 heteroatoms. The lowest BCUT2D eigenvalue weighted by atomic mass is 9.93. The van der Waals surface area contributed by atoms with Crippen molar-refractivity contribution in [1.29, 1.82) is 0 Å². The second kappa shape index (κ2) is 5.94. The van der Waals surface area contributed by atoms with Crippen molar-refractivity contribution in [3.8, 4) is 0 Å². The Hall–Kier alpha value is -1.45. The molecule has 0 spiro atoms. The number of aromatic nitrogens is 1. The van der Waals surface area contributed by atoms with E-state index in [-0.39, 0.29) is 18.3 Å². The summed E-state index contributed by atoms with van der Waals surface area (Å²) in [6, 6.07) is 7.99. The molecule has 2 aromatic rings. The lowest BCUT2D eigenvalue weighted by molar-refractivity contribution is 0.264. The van der Waals surface area contributed by atoms with E-state index in [1.54, 1.807) is 24.5 Å². The maximum atomic E-state index is 12.9. The minimum atomic E-state index is -0.280. The number of benzene rings is 1. The SMILES string of the molecule is OCC(Cc1ccncc1Cl)c1ccc(F)cc1. The van der Waals surface area contributed by atoms with Crippen molar-refractivity contribution in [2.24, 2.45) is 0 Å². The first kappa shape index (κ1) is 13.0. The van der Waals surface area contributed by atoms with Gasteiger partial charge in [0.25, 0.3) is 0 Å². The molecule has 0 aliphatic carbocycles. The maximum absolute atomic E-state index is 12.9. The highest BCUT2D eigenvalue weighted by Crippen LogP contribution is 2.24. The Labute approximate surface area is 110 Å². The van der Waals surface area contributed by atoms with Crippen LogP contribution in [0.2, 0.25) is 5.02 Å². The molecule has 1 atom stereocenters. The number of hydrogen-bond donors (Lipinski definition) is 1. The third-order valence-electron chi connectivity index (χ3n) is 2.88. The summed E-state index contributed by atoms with van der Waals surface area (Å²) >= 11 is 6.03. The molecule has 0 radical (unpaired) electrons. The van der Waals surface area contributed by atoms with Crippen molar-refractivity contribution >= 4 is 11.6 Å². The molecule has 1 N–H and O–H groups in total. The smallest absolute Gasteiger partial charge is 0.123 e. The second-order valence-corrected chi connectivity index (χ2v) is 4.51. The number of pyridine rings is 1. The number of halogens is 2. The summed E-state index contributed by atoms with van der Waals surface area (Å²) in [5, 5.41) is 10.0. The van der Waals surface area contributed by atoms with Crippen LogP contribution in [0.4, 0.5) is 4.39 Å². The fourth-order valence-corrected chi connectivity index (χ4v) is 2.05. The molecule has 0 aliphatic rings. The first-order valence-electron chi connectivity index (χ1n) is 5.65. The van der Waals surface area contributed by atoms with Crippen molar-refractivity contribution < 1.29 is 9.50 Å². The third-order valence-corrected chi connectivity index (χ3v) is 3.22. The van der Waals surface area contributed by atoms with Crippen molar-refractivity contribution in [1.82, 2.24) is 4.98 Å². The molecule has 2 nitrogen and oxygen atoms in total. The van der Waals surface area contributed by atoms with Crippen LogP contribution in [0, 0.1) is 5.82 Å². The monoisotopic (exact) mass is 265 g/mol. The minimum Gasteiger partial charge on any atom is -0.396 e. The van der Waals surface area contributed by atoms with Crippen LogP contribution >= 0.6 is 11.6 Å². The van der Waals surface area contributed by atoms with Crippen LogP contribution in [0.25, 0.3) is 0 Å². The molecule has 0 amide bonds. The van der Waals surface area contributed by atoms with Crippen LogP contribution in [-0.2, 0) is 6.42 Å². The molecular weight excluding hydrogens is 253 g/mol. The van der Waals surface area contributed by atoms with Gasteiger partial charge in [-0.05, 0) is 35.7 Å². The van der Waals surface area contributed by atoms with E-state index in [2.05, 4.69) is 4.98 Å². The van der Waals surface area contributed by atoms with Crippen molar-refractivity contribution in [2.45, 2.75) is 12.3 Å². The van der Waals surface area contributed by atoms with Gasteiger partial charge in [0.05, 0.1) is 11.6 Å². The van der Waals surface area contributed by atoms with E-state index in [1.165, 1.54) is 12.1 Å². The van der Waals surface area contributed by atoms with Gasteiger partial charge in [-0.25, -0.2) is 4.39 Å². The summed E-state index contributed by atoms with van der Waals surface area (Å²) in [6.07, 6.45) is 3.85. The fraction of sp³-hybridized carbons (Fsp3) is 0.214. The lowest BCUT2D eigenvalue weighted by Crippen LogP contribution is -2.08. The first-order valence-corrected chi connectivity index (χ1v) is 6.03. The van der Waals surface area contributed by atoms with Crippen LogP contribution in [0.1, 0.15) is 17.0 Å². The molecule has 1 unspecified atom stereocenters. The number of aliphatic hydroxyl groups excluding tert-OH is 1. The topological polar surface area (TPSA) is 33.1 Å². The third kappa shape index (κ3) is 3.06. The molecule has 0 saturated carbocycles. The number of nitrogens with zero attached hydrogens (tertiary/aromatic N) is 1. The van der Waals surface area contributed by atoms with E-state index in [4.69, 9.17) is 11.6 Å². The van der Waals surface area contributed by atoms with Gasteiger partial charge in [-0.15, -0.1) is 0 Å². The zero-order valence-corrected chi connectivity index (χ0v) is 10.4. The molecule has 1 aromatic heterocycles. The summed E-state index contributed by atoms with van der Waals surface area (Å²) < 4.78 is 12.9. The van der Waals surface area contributed by atoms with Gasteiger partial charge >= 0.3 is 0 Å². The van der Waals surface area contributed by atoms with Gasteiger partial charge in [-0.3, -0.25) is 4.98 Å². The van der Waals surface area contributed by atoms with Crippen LogP contribution in [-0.4, -0.2) is 16.7 Å². The van der Waals surface area contributed by atoms with Gasteiger partial charge < -0.3 is 5.11 Å². The molecule has 0 aliphatic heterocycles. The van der Waals surface area contributed by atoms with Crippen LogP contribution < -0.4 is 0 Å². The van der Waals surface area contributed by atoms with Gasteiger partial charge in [0.15, 0.2) is 0 Å². The van der Waals surface area contributed by atoms with Crippen molar-refractivity contribution in [3.05, 3.63) is 64.7 Å². The van der Waals surface area contributed by atoms with Gasteiger partial charge in [0.1, 0.15) is 5.82 Å². The summed E-state index contributed by atoms with van der Waals surface area (Å²) in [7, 11) is 0. The van der Waals surface area contributed by atoms with Gasteiger partial charge in [-0.1, -0.05) is 23.7 Å². The molecule has 1 aromatic carbocycles. The number of rotatable bonds is 4. The molecule has 0 saturated heterocycles. The largest absolute Gasteiger partial charge is 0.396 e. The predicted octanol–water partition coefficient (Wildman–Crippen LogP) is 3.19. The Morgan fingerprint density at radius 3 is 2.56 bits per heavy atom. The minimum absolute atomic E-state index is 0.00964. The normalized spacial score (nSPS) is 12.4. The Morgan fingerprint density at radius 2 is 1.94 bits per heavy atom. The summed E-state index contributed by atoms with van der Waals surface area (Å²) in [5.41, 5.74) is 1.82. The van der Waals surface area contributed by atoms with E-state index in [1.807, 2.05) is 6.07 Å². The Morgan fingerprint density at radius 1 is 1.22 bits per heavy atom. The van der Waals surface area contributed by atoms with E-state index in [9.17, 15) is 9.50 Å². The highest BCUT2D eigenvalue weighted by atomic mass is 35.5. The Balaban J connectivity index is 2.20. The quantitative estimate of drug-likeness (QED) is 0.921. The maximum Gasteiger partial charge on any atom is 0.123 e. The van der Waals surface area contributed by atoms with Crippen LogP contribution in [0.5, 0.6) is 0 Å². The predicted molar refractivity (Wildman–Crippen MR) is 69.2 cm³/mol. The van der Waals surface area contributed by atoms with Gasteiger partial charge in [0, 0.05) is 18.3 Å². The second-order valence-electron chi connectivity index (χ2n) is 4.10. The fourth-order valence-electron chi connectivity index (χ4n) is 1.86. The summed E-state index contributed by atoms with van der Waals surface area (Å²) in [5.74, 6) is -0.372. The Kier molecular flexibility index (Phi) is 4.28. The number of hydrogen-bond acceptors (Lipinski definition) is 2. The average molecular weight is 266 g/mol. The van der Waals surface area contributed by atoms with E-state index < -0.39 is 0 Å². The van der Waals surface area contributed by atoms with Crippen molar-refractivity contribution in [2.75, 3.05) is 6.61 Å². The van der Waals surface area contributed by atoms with E-state index in [0.717, 1.165) is 11.1 Å².